The summed E-state index contributed by atoms with van der Waals surface area (Å²) in [6, 6.07) is 5.23. The molecule has 0 spiro atoms. The molecule has 1 saturated carbocycles. The zero-order valence-corrected chi connectivity index (χ0v) is 16.9. The molecule has 0 radical (unpaired) electrons. The van der Waals surface area contributed by atoms with E-state index in [1.54, 1.807) is 19.2 Å². The lowest BCUT2D eigenvalue weighted by atomic mass is 10.1. The lowest BCUT2D eigenvalue weighted by Gasteiger charge is -2.36. The first kappa shape index (κ1) is 19.7. The molecular formula is C21H29FN6O. The summed E-state index contributed by atoms with van der Waals surface area (Å²) in [7, 11) is 1.79. The van der Waals surface area contributed by atoms with Gasteiger partial charge >= 0.3 is 0 Å². The van der Waals surface area contributed by atoms with E-state index in [9.17, 15) is 9.18 Å². The number of hydrogen-bond donors (Lipinski definition) is 3. The van der Waals surface area contributed by atoms with E-state index in [1.165, 1.54) is 6.07 Å². The van der Waals surface area contributed by atoms with Gasteiger partial charge in [-0.05, 0) is 43.0 Å². The van der Waals surface area contributed by atoms with E-state index in [4.69, 9.17) is 0 Å². The van der Waals surface area contributed by atoms with Crippen molar-refractivity contribution in [1.29, 1.82) is 0 Å². The molecule has 1 aliphatic heterocycles. The number of aliphatic imine (C=N–C) groups is 1. The van der Waals surface area contributed by atoms with Crippen molar-refractivity contribution >= 4 is 22.8 Å². The molecule has 0 atom stereocenters. The number of amides is 1. The molecule has 1 aliphatic carbocycles. The number of aromatic nitrogens is 1. The van der Waals surface area contributed by atoms with E-state index < -0.39 is 0 Å². The topological polar surface area (TPSA) is 75.8 Å². The van der Waals surface area contributed by atoms with Crippen molar-refractivity contribution in [2.24, 2.45) is 4.99 Å². The van der Waals surface area contributed by atoms with Crippen molar-refractivity contribution in [3.63, 3.8) is 0 Å². The Bertz CT molecular complexity index is 882. The molecule has 0 unspecified atom stereocenters. The van der Waals surface area contributed by atoms with Crippen LogP contribution in [0, 0.1) is 5.82 Å². The highest BCUT2D eigenvalue weighted by molar-refractivity contribution is 5.83. The van der Waals surface area contributed by atoms with Gasteiger partial charge in [-0.25, -0.2) is 4.39 Å². The van der Waals surface area contributed by atoms with Crippen LogP contribution in [0.5, 0.6) is 0 Å². The Morgan fingerprint density at radius 2 is 2.07 bits per heavy atom. The monoisotopic (exact) mass is 400 g/mol. The van der Waals surface area contributed by atoms with E-state index in [1.807, 2.05) is 6.20 Å². The van der Waals surface area contributed by atoms with Gasteiger partial charge in [0.1, 0.15) is 5.82 Å². The predicted octanol–water partition coefficient (Wildman–Crippen LogP) is 1.32. The average Bonchev–Trinajstić information content (AvgIpc) is 3.44. The van der Waals surface area contributed by atoms with Gasteiger partial charge in [0.25, 0.3) is 0 Å². The third kappa shape index (κ3) is 5.06. The summed E-state index contributed by atoms with van der Waals surface area (Å²) < 4.78 is 13.5. The van der Waals surface area contributed by atoms with Gasteiger partial charge in [0, 0.05) is 62.9 Å². The molecule has 1 aromatic heterocycles. The van der Waals surface area contributed by atoms with Crippen molar-refractivity contribution in [2.75, 3.05) is 46.3 Å². The smallest absolute Gasteiger partial charge is 0.234 e. The van der Waals surface area contributed by atoms with Crippen molar-refractivity contribution in [3.8, 4) is 0 Å². The first-order valence-corrected chi connectivity index (χ1v) is 10.3. The second-order valence-electron chi connectivity index (χ2n) is 7.83. The number of halogens is 1. The Kier molecular flexibility index (Phi) is 5.99. The lowest BCUT2D eigenvalue weighted by Crippen LogP contribution is -2.54. The molecule has 4 rings (SSSR count). The van der Waals surface area contributed by atoms with Crippen LogP contribution in [0.4, 0.5) is 4.39 Å². The Hall–Kier alpha value is -2.61. The van der Waals surface area contributed by atoms with Crippen LogP contribution in [0.1, 0.15) is 18.4 Å². The van der Waals surface area contributed by atoms with E-state index in [0.717, 1.165) is 74.4 Å². The standard InChI is InChI=1S/C21H29FN6O/c1-23-21(24-7-6-15-13-25-19-5-2-16(22)12-18(15)19)28-10-8-27(9-11-28)14-20(29)26-17-3-4-17/h2,5,12-13,17,25H,3-4,6-11,14H2,1H3,(H,23,24)(H,26,29). The predicted molar refractivity (Wildman–Crippen MR) is 113 cm³/mol. The quantitative estimate of drug-likeness (QED) is 0.505. The highest BCUT2D eigenvalue weighted by Crippen LogP contribution is 2.20. The Morgan fingerprint density at radius 1 is 1.28 bits per heavy atom. The van der Waals surface area contributed by atoms with Crippen molar-refractivity contribution in [3.05, 3.63) is 35.8 Å². The van der Waals surface area contributed by atoms with Gasteiger partial charge in [-0.3, -0.25) is 14.7 Å². The van der Waals surface area contributed by atoms with Gasteiger partial charge in [0.2, 0.25) is 5.91 Å². The van der Waals surface area contributed by atoms with E-state index >= 15 is 0 Å². The number of nitrogens with zero attached hydrogens (tertiary/aromatic N) is 3. The Morgan fingerprint density at radius 3 is 2.79 bits per heavy atom. The minimum atomic E-state index is -0.217. The number of aromatic amines is 1. The number of H-pyrrole nitrogens is 1. The number of guanidine groups is 1. The fourth-order valence-corrected chi connectivity index (χ4v) is 3.82. The second-order valence-corrected chi connectivity index (χ2v) is 7.83. The van der Waals surface area contributed by atoms with Crippen LogP contribution in [-0.2, 0) is 11.2 Å². The summed E-state index contributed by atoms with van der Waals surface area (Å²) in [6.45, 7) is 4.58. The fraction of sp³-hybridized carbons (Fsp3) is 0.524. The molecule has 8 heteroatoms. The molecule has 156 valence electrons. The second kappa shape index (κ2) is 8.82. The third-order valence-electron chi connectivity index (χ3n) is 5.60. The SMILES string of the molecule is CN=C(NCCc1c[nH]c2ccc(F)cc12)N1CCN(CC(=O)NC2CC2)CC1. The number of carbonyl (C=O) groups excluding carboxylic acids is 1. The largest absolute Gasteiger partial charge is 0.361 e. The van der Waals surface area contributed by atoms with E-state index in [2.05, 4.69) is 30.4 Å². The maximum absolute atomic E-state index is 13.5. The van der Waals surface area contributed by atoms with Crippen LogP contribution >= 0.6 is 0 Å². The van der Waals surface area contributed by atoms with Gasteiger partial charge in [-0.2, -0.15) is 0 Å². The molecule has 1 amide bonds. The summed E-state index contributed by atoms with van der Waals surface area (Å²) in [4.78, 5) is 24.0. The molecule has 2 aromatic rings. The number of benzene rings is 1. The van der Waals surface area contributed by atoms with Crippen LogP contribution in [0.15, 0.2) is 29.4 Å². The summed E-state index contributed by atoms with van der Waals surface area (Å²) in [5.41, 5.74) is 2.04. The van der Waals surface area contributed by atoms with Gasteiger partial charge < -0.3 is 20.5 Å². The maximum atomic E-state index is 13.5. The first-order chi connectivity index (χ1) is 14.1. The van der Waals surface area contributed by atoms with E-state index in [-0.39, 0.29) is 11.7 Å². The summed E-state index contributed by atoms with van der Waals surface area (Å²) in [5.74, 6) is 0.794. The molecule has 7 nitrogen and oxygen atoms in total. The van der Waals surface area contributed by atoms with Crippen molar-refractivity contribution in [1.82, 2.24) is 25.4 Å². The van der Waals surface area contributed by atoms with Gasteiger partial charge in [0.05, 0.1) is 6.54 Å². The molecule has 1 aromatic carbocycles. The molecule has 1 saturated heterocycles. The van der Waals surface area contributed by atoms with Crippen LogP contribution in [0.3, 0.4) is 0 Å². The average molecular weight is 401 g/mol. The highest BCUT2D eigenvalue weighted by Gasteiger charge is 2.25. The number of nitrogens with one attached hydrogen (secondary N) is 3. The first-order valence-electron chi connectivity index (χ1n) is 10.3. The number of rotatable bonds is 6. The summed E-state index contributed by atoms with van der Waals surface area (Å²) in [6.07, 6.45) is 4.97. The molecule has 2 heterocycles. The normalized spacial score (nSPS) is 18.3. The van der Waals surface area contributed by atoms with Crippen LogP contribution in [0.2, 0.25) is 0 Å². The summed E-state index contributed by atoms with van der Waals surface area (Å²) in [5, 5.41) is 7.39. The molecule has 0 bridgehead atoms. The minimum Gasteiger partial charge on any atom is -0.361 e. The molecule has 3 N–H and O–H groups in total. The molecular weight excluding hydrogens is 371 g/mol. The van der Waals surface area contributed by atoms with Crippen molar-refractivity contribution in [2.45, 2.75) is 25.3 Å². The third-order valence-corrected chi connectivity index (χ3v) is 5.60. The molecule has 2 aliphatic rings. The van der Waals surface area contributed by atoms with Gasteiger partial charge in [-0.15, -0.1) is 0 Å². The number of hydrogen-bond acceptors (Lipinski definition) is 3. The minimum absolute atomic E-state index is 0.138. The van der Waals surface area contributed by atoms with E-state index in [0.29, 0.717) is 12.6 Å². The van der Waals surface area contributed by atoms with Gasteiger partial charge in [-0.1, -0.05) is 0 Å². The highest BCUT2D eigenvalue weighted by atomic mass is 19.1. The van der Waals surface area contributed by atoms with Crippen LogP contribution in [-0.4, -0.2) is 79.0 Å². The number of carbonyl (C=O) groups is 1. The molecule has 29 heavy (non-hydrogen) atoms. The number of piperazine rings is 1. The molecule has 2 fully saturated rings. The zero-order chi connectivity index (χ0) is 20.2. The van der Waals surface area contributed by atoms with Gasteiger partial charge in [0.15, 0.2) is 5.96 Å². The van der Waals surface area contributed by atoms with Crippen LogP contribution in [0.25, 0.3) is 10.9 Å². The van der Waals surface area contributed by atoms with Crippen LogP contribution < -0.4 is 10.6 Å². The Balaban J connectivity index is 1.23. The lowest BCUT2D eigenvalue weighted by molar-refractivity contribution is -0.122. The zero-order valence-electron chi connectivity index (χ0n) is 16.9. The fourth-order valence-electron chi connectivity index (χ4n) is 3.82. The number of fused-ring (bicyclic) bond motifs is 1. The van der Waals surface area contributed by atoms with Crippen molar-refractivity contribution < 1.29 is 9.18 Å². The Labute approximate surface area is 170 Å². The summed E-state index contributed by atoms with van der Waals surface area (Å²) >= 11 is 0. The maximum Gasteiger partial charge on any atom is 0.234 e.